The number of nitrogens with one attached hydrogen (secondary N) is 1. The van der Waals surface area contributed by atoms with Crippen LogP contribution in [-0.2, 0) is 0 Å². The molecular weight excluding hydrogens is 415 g/mol. The molecule has 0 aliphatic rings. The lowest BCUT2D eigenvalue weighted by Gasteiger charge is -2.08. The number of carbonyl (C=O) groups excluding carboxylic acids is 1. The third kappa shape index (κ3) is 4.97. The maximum Gasteiger partial charge on any atom is 0.336 e. The first-order valence-corrected chi connectivity index (χ1v) is 10.7. The third-order valence-electron chi connectivity index (χ3n) is 4.33. The molecule has 0 fully saturated rings. The smallest absolute Gasteiger partial charge is 0.336 e. The molecule has 0 spiro atoms. The van der Waals surface area contributed by atoms with Crippen LogP contribution in [0.5, 0.6) is 6.01 Å². The summed E-state index contributed by atoms with van der Waals surface area (Å²) in [5, 5.41) is 9.19. The molecule has 4 rings (SSSR count). The SMILES string of the molecule is CC(C)COc1nc(-c2cccc(F)c2)n(-c2ccc(NC(=O)c3cccs3)cc2)n1. The first-order valence-electron chi connectivity index (χ1n) is 9.80. The lowest BCUT2D eigenvalue weighted by Crippen LogP contribution is -2.10. The highest BCUT2D eigenvalue weighted by Gasteiger charge is 2.16. The van der Waals surface area contributed by atoms with Crippen molar-refractivity contribution >= 4 is 22.9 Å². The number of hydrogen-bond acceptors (Lipinski definition) is 5. The average Bonchev–Trinajstić information content (AvgIpc) is 3.43. The Kier molecular flexibility index (Phi) is 6.08. The molecule has 1 N–H and O–H groups in total. The molecule has 2 aromatic heterocycles. The van der Waals surface area contributed by atoms with Crippen molar-refractivity contribution in [3.8, 4) is 23.1 Å². The van der Waals surface area contributed by atoms with Gasteiger partial charge in [0.05, 0.1) is 17.2 Å². The Bertz CT molecular complexity index is 1170. The number of nitrogens with zero attached hydrogens (tertiary/aromatic N) is 3. The summed E-state index contributed by atoms with van der Waals surface area (Å²) in [5.41, 5.74) is 1.95. The van der Waals surface area contributed by atoms with Gasteiger partial charge in [-0.05, 0) is 53.8 Å². The fourth-order valence-corrected chi connectivity index (χ4v) is 3.50. The molecule has 2 heterocycles. The van der Waals surface area contributed by atoms with Crippen molar-refractivity contribution in [2.75, 3.05) is 11.9 Å². The Balaban J connectivity index is 1.63. The summed E-state index contributed by atoms with van der Waals surface area (Å²) < 4.78 is 21.1. The predicted molar refractivity (Wildman–Crippen MR) is 119 cm³/mol. The maximum atomic E-state index is 13.8. The molecule has 31 heavy (non-hydrogen) atoms. The van der Waals surface area contributed by atoms with Crippen molar-refractivity contribution in [2.24, 2.45) is 5.92 Å². The quantitative estimate of drug-likeness (QED) is 0.420. The molecule has 0 saturated heterocycles. The first-order chi connectivity index (χ1) is 15.0. The second-order valence-electron chi connectivity index (χ2n) is 7.32. The number of benzene rings is 2. The molecule has 0 bridgehead atoms. The highest BCUT2D eigenvalue weighted by molar-refractivity contribution is 7.12. The van der Waals surface area contributed by atoms with Crippen LogP contribution in [-0.4, -0.2) is 27.3 Å². The minimum atomic E-state index is -0.358. The summed E-state index contributed by atoms with van der Waals surface area (Å²) in [6.07, 6.45) is 0. The van der Waals surface area contributed by atoms with Crippen LogP contribution in [0.1, 0.15) is 23.5 Å². The topological polar surface area (TPSA) is 69.0 Å². The first kappa shape index (κ1) is 20.7. The van der Waals surface area contributed by atoms with Gasteiger partial charge in [-0.3, -0.25) is 4.79 Å². The zero-order valence-electron chi connectivity index (χ0n) is 17.1. The Morgan fingerprint density at radius 3 is 2.65 bits per heavy atom. The van der Waals surface area contributed by atoms with Crippen LogP contribution in [0, 0.1) is 11.7 Å². The van der Waals surface area contributed by atoms with Gasteiger partial charge >= 0.3 is 6.01 Å². The van der Waals surface area contributed by atoms with E-state index in [9.17, 15) is 9.18 Å². The van der Waals surface area contributed by atoms with Gasteiger partial charge in [-0.2, -0.15) is 4.98 Å². The summed E-state index contributed by atoms with van der Waals surface area (Å²) in [6.45, 7) is 4.54. The van der Waals surface area contributed by atoms with Gasteiger partial charge in [-0.25, -0.2) is 9.07 Å². The Morgan fingerprint density at radius 1 is 1.16 bits per heavy atom. The average molecular weight is 437 g/mol. The molecule has 0 aliphatic carbocycles. The number of rotatable bonds is 7. The fourth-order valence-electron chi connectivity index (χ4n) is 2.88. The molecule has 4 aromatic rings. The summed E-state index contributed by atoms with van der Waals surface area (Å²) in [5.74, 6) is 0.265. The molecule has 6 nitrogen and oxygen atoms in total. The van der Waals surface area contributed by atoms with E-state index in [0.717, 1.165) is 0 Å². The molecule has 2 aromatic carbocycles. The van der Waals surface area contributed by atoms with Crippen molar-refractivity contribution in [3.63, 3.8) is 0 Å². The molecule has 158 valence electrons. The summed E-state index contributed by atoms with van der Waals surface area (Å²) in [6, 6.07) is 17.2. The second-order valence-corrected chi connectivity index (χ2v) is 8.27. The second kappa shape index (κ2) is 9.09. The van der Waals surface area contributed by atoms with Crippen LogP contribution in [0.4, 0.5) is 10.1 Å². The Morgan fingerprint density at radius 2 is 1.97 bits per heavy atom. The molecule has 0 saturated carbocycles. The van der Waals surface area contributed by atoms with Gasteiger partial charge in [-0.15, -0.1) is 16.4 Å². The van der Waals surface area contributed by atoms with Crippen LogP contribution in [0.2, 0.25) is 0 Å². The Labute approximate surface area is 183 Å². The number of thiophene rings is 1. The van der Waals surface area contributed by atoms with E-state index in [0.29, 0.717) is 40.2 Å². The van der Waals surface area contributed by atoms with Crippen molar-refractivity contribution in [2.45, 2.75) is 13.8 Å². The number of ether oxygens (including phenoxy) is 1. The Hall–Kier alpha value is -3.52. The summed E-state index contributed by atoms with van der Waals surface area (Å²) >= 11 is 1.38. The minimum Gasteiger partial charge on any atom is -0.462 e. The summed E-state index contributed by atoms with van der Waals surface area (Å²) in [4.78, 5) is 17.4. The van der Waals surface area contributed by atoms with Gasteiger partial charge < -0.3 is 10.1 Å². The van der Waals surface area contributed by atoms with Gasteiger partial charge in [0, 0.05) is 11.3 Å². The van der Waals surface area contributed by atoms with Gasteiger partial charge in [0.25, 0.3) is 5.91 Å². The molecule has 0 unspecified atom stereocenters. The lowest BCUT2D eigenvalue weighted by molar-refractivity contribution is 0.103. The standard InChI is InChI=1S/C23H21FN4O2S/c1-15(2)14-30-23-26-21(16-5-3-6-17(24)13-16)28(27-23)19-10-8-18(9-11-19)25-22(29)20-7-4-12-31-20/h3-13,15H,14H2,1-2H3,(H,25,29). The molecule has 8 heteroatoms. The normalized spacial score (nSPS) is 11.0. The van der Waals surface area contributed by atoms with Crippen molar-refractivity contribution in [3.05, 3.63) is 76.7 Å². The van der Waals surface area contributed by atoms with E-state index in [-0.39, 0.29) is 17.7 Å². The van der Waals surface area contributed by atoms with E-state index in [1.54, 1.807) is 35.0 Å². The number of hydrogen-bond donors (Lipinski definition) is 1. The van der Waals surface area contributed by atoms with E-state index in [4.69, 9.17) is 4.74 Å². The largest absolute Gasteiger partial charge is 0.462 e. The molecular formula is C23H21FN4O2S. The van der Waals surface area contributed by atoms with E-state index in [2.05, 4.69) is 15.4 Å². The molecule has 1 amide bonds. The van der Waals surface area contributed by atoms with Gasteiger partial charge in [0.15, 0.2) is 5.82 Å². The zero-order valence-corrected chi connectivity index (χ0v) is 17.9. The molecule has 0 aliphatic heterocycles. The maximum absolute atomic E-state index is 13.8. The highest BCUT2D eigenvalue weighted by Crippen LogP contribution is 2.25. The van der Waals surface area contributed by atoms with Crippen LogP contribution >= 0.6 is 11.3 Å². The zero-order chi connectivity index (χ0) is 21.8. The third-order valence-corrected chi connectivity index (χ3v) is 5.20. The number of halogens is 1. The van der Waals surface area contributed by atoms with E-state index in [1.165, 1.54) is 23.5 Å². The predicted octanol–water partition coefficient (Wildman–Crippen LogP) is 5.42. The van der Waals surface area contributed by atoms with Gasteiger partial charge in [-0.1, -0.05) is 32.0 Å². The minimum absolute atomic E-state index is 0.159. The van der Waals surface area contributed by atoms with E-state index < -0.39 is 0 Å². The summed E-state index contributed by atoms with van der Waals surface area (Å²) in [7, 11) is 0. The number of amides is 1. The molecule has 0 atom stereocenters. The van der Waals surface area contributed by atoms with E-state index in [1.807, 2.05) is 37.4 Å². The van der Waals surface area contributed by atoms with Crippen LogP contribution < -0.4 is 10.1 Å². The fraction of sp³-hybridized carbons (Fsp3) is 0.174. The number of carbonyl (C=O) groups is 1. The highest BCUT2D eigenvalue weighted by atomic mass is 32.1. The van der Waals surface area contributed by atoms with Crippen LogP contribution in [0.25, 0.3) is 17.1 Å². The van der Waals surface area contributed by atoms with Crippen LogP contribution in [0.15, 0.2) is 66.0 Å². The van der Waals surface area contributed by atoms with Gasteiger partial charge in [0.2, 0.25) is 0 Å². The van der Waals surface area contributed by atoms with Crippen LogP contribution in [0.3, 0.4) is 0 Å². The van der Waals surface area contributed by atoms with Crippen molar-refractivity contribution in [1.29, 1.82) is 0 Å². The lowest BCUT2D eigenvalue weighted by atomic mass is 10.2. The van der Waals surface area contributed by atoms with E-state index >= 15 is 0 Å². The van der Waals surface area contributed by atoms with Crippen molar-refractivity contribution in [1.82, 2.24) is 14.8 Å². The number of anilines is 1. The van der Waals surface area contributed by atoms with Gasteiger partial charge in [0.1, 0.15) is 5.82 Å². The number of aromatic nitrogens is 3. The molecule has 0 radical (unpaired) electrons. The monoisotopic (exact) mass is 436 g/mol. The van der Waals surface area contributed by atoms with Crippen molar-refractivity contribution < 1.29 is 13.9 Å².